The molecule has 1 unspecified atom stereocenters. The lowest BCUT2D eigenvalue weighted by molar-refractivity contribution is 0.101. The zero-order valence-corrected chi connectivity index (χ0v) is 13.9. The molecule has 126 valence electrons. The van der Waals surface area contributed by atoms with Gasteiger partial charge in [-0.05, 0) is 31.5 Å². The summed E-state index contributed by atoms with van der Waals surface area (Å²) >= 11 is 0. The minimum absolute atomic E-state index is 0.101. The largest absolute Gasteiger partial charge is 0.459 e. The third-order valence-corrected chi connectivity index (χ3v) is 5.70. The highest BCUT2D eigenvalue weighted by Gasteiger charge is 2.34. The number of ether oxygens (including phenoxy) is 1. The van der Waals surface area contributed by atoms with Gasteiger partial charge in [0, 0.05) is 24.5 Å². The van der Waals surface area contributed by atoms with E-state index in [4.69, 9.17) is 4.74 Å². The van der Waals surface area contributed by atoms with E-state index in [2.05, 4.69) is 9.97 Å². The van der Waals surface area contributed by atoms with Crippen LogP contribution in [0.3, 0.4) is 0 Å². The second-order valence-corrected chi connectivity index (χ2v) is 7.44. The number of Topliss-reactive ketones (excluding diaryl/α,β-unsaturated/α-hetero) is 1. The van der Waals surface area contributed by atoms with Gasteiger partial charge in [0.05, 0.1) is 11.4 Å². The summed E-state index contributed by atoms with van der Waals surface area (Å²) in [5, 5.41) is 0. The van der Waals surface area contributed by atoms with Gasteiger partial charge in [0.1, 0.15) is 6.10 Å². The highest BCUT2D eigenvalue weighted by Crippen LogP contribution is 2.23. The van der Waals surface area contributed by atoms with E-state index in [1.165, 1.54) is 35.5 Å². The molecule has 24 heavy (non-hydrogen) atoms. The van der Waals surface area contributed by atoms with Crippen LogP contribution in [-0.2, 0) is 10.0 Å². The van der Waals surface area contributed by atoms with Gasteiger partial charge in [-0.15, -0.1) is 0 Å². The number of hydrogen-bond acceptors (Lipinski definition) is 6. The summed E-state index contributed by atoms with van der Waals surface area (Å²) in [6.45, 7) is 2.06. The number of carbonyl (C=O) groups excluding carboxylic acids is 1. The second kappa shape index (κ2) is 6.66. The number of rotatable bonds is 5. The van der Waals surface area contributed by atoms with Crippen molar-refractivity contribution in [3.8, 4) is 6.01 Å². The lowest BCUT2D eigenvalue weighted by Crippen LogP contribution is -2.31. The second-order valence-electron chi connectivity index (χ2n) is 5.50. The smallest absolute Gasteiger partial charge is 0.316 e. The first kappa shape index (κ1) is 16.5. The third-order valence-electron chi connectivity index (χ3n) is 3.82. The van der Waals surface area contributed by atoms with Crippen LogP contribution in [0.25, 0.3) is 0 Å². The summed E-state index contributed by atoms with van der Waals surface area (Å²) in [4.78, 5) is 19.4. The molecule has 1 aromatic carbocycles. The maximum absolute atomic E-state index is 12.7. The molecule has 7 nitrogen and oxygen atoms in total. The fraction of sp³-hybridized carbons (Fsp3) is 0.312. The maximum Gasteiger partial charge on any atom is 0.316 e. The molecule has 0 bridgehead atoms. The van der Waals surface area contributed by atoms with Gasteiger partial charge in [-0.2, -0.15) is 4.31 Å². The summed E-state index contributed by atoms with van der Waals surface area (Å²) < 4.78 is 32.3. The van der Waals surface area contributed by atoms with Crippen LogP contribution in [0.5, 0.6) is 6.01 Å². The lowest BCUT2D eigenvalue weighted by atomic mass is 10.2. The summed E-state index contributed by atoms with van der Waals surface area (Å²) in [5.74, 6) is -0.101. The van der Waals surface area contributed by atoms with Gasteiger partial charge in [-0.25, -0.2) is 18.4 Å². The Morgan fingerprint density at radius 3 is 2.50 bits per heavy atom. The SMILES string of the molecule is CC(=O)c1ccc(S(=O)(=O)N2CCC(Oc3ncccn3)C2)cc1. The number of ketones is 1. The van der Waals surface area contributed by atoms with Crippen LogP contribution in [0.4, 0.5) is 0 Å². The van der Waals surface area contributed by atoms with Gasteiger partial charge in [0.15, 0.2) is 5.78 Å². The van der Waals surface area contributed by atoms with E-state index in [1.807, 2.05) is 0 Å². The Kier molecular flexibility index (Phi) is 4.59. The molecule has 0 aliphatic carbocycles. The van der Waals surface area contributed by atoms with Crippen molar-refractivity contribution < 1.29 is 17.9 Å². The molecule has 1 aliphatic heterocycles. The Balaban J connectivity index is 1.71. The van der Waals surface area contributed by atoms with Gasteiger partial charge in [-0.3, -0.25) is 4.79 Å². The summed E-state index contributed by atoms with van der Waals surface area (Å²) in [7, 11) is -3.61. The molecule has 0 N–H and O–H groups in total. The van der Waals surface area contributed by atoms with E-state index in [0.717, 1.165) is 0 Å². The van der Waals surface area contributed by atoms with Crippen molar-refractivity contribution >= 4 is 15.8 Å². The van der Waals surface area contributed by atoms with Crippen LogP contribution in [0.2, 0.25) is 0 Å². The van der Waals surface area contributed by atoms with Crippen molar-refractivity contribution in [1.82, 2.24) is 14.3 Å². The molecule has 1 saturated heterocycles. The molecule has 0 saturated carbocycles. The fourth-order valence-corrected chi connectivity index (χ4v) is 4.00. The van der Waals surface area contributed by atoms with Crippen molar-refractivity contribution in [2.75, 3.05) is 13.1 Å². The molecule has 1 aromatic heterocycles. The van der Waals surface area contributed by atoms with Crippen LogP contribution in [0.1, 0.15) is 23.7 Å². The molecular formula is C16H17N3O4S. The molecule has 8 heteroatoms. The highest BCUT2D eigenvalue weighted by atomic mass is 32.2. The van der Waals surface area contributed by atoms with Crippen LogP contribution in [0.15, 0.2) is 47.6 Å². The summed E-state index contributed by atoms with van der Waals surface area (Å²) in [6, 6.07) is 7.89. The topological polar surface area (TPSA) is 89.5 Å². The Morgan fingerprint density at radius 1 is 1.21 bits per heavy atom. The molecule has 1 aliphatic rings. The molecular weight excluding hydrogens is 330 g/mol. The number of sulfonamides is 1. The van der Waals surface area contributed by atoms with E-state index in [0.29, 0.717) is 18.5 Å². The monoisotopic (exact) mass is 347 g/mol. The average molecular weight is 347 g/mol. The van der Waals surface area contributed by atoms with E-state index < -0.39 is 10.0 Å². The predicted octanol–water partition coefficient (Wildman–Crippen LogP) is 1.52. The highest BCUT2D eigenvalue weighted by molar-refractivity contribution is 7.89. The van der Waals surface area contributed by atoms with Gasteiger partial charge < -0.3 is 4.74 Å². The van der Waals surface area contributed by atoms with Gasteiger partial charge in [0.25, 0.3) is 0 Å². The van der Waals surface area contributed by atoms with E-state index in [9.17, 15) is 13.2 Å². The van der Waals surface area contributed by atoms with Gasteiger partial charge >= 0.3 is 6.01 Å². The first-order valence-electron chi connectivity index (χ1n) is 7.51. The average Bonchev–Trinajstić information content (AvgIpc) is 3.05. The lowest BCUT2D eigenvalue weighted by Gasteiger charge is -2.17. The van der Waals surface area contributed by atoms with Crippen LogP contribution in [0, 0.1) is 0 Å². The standard InChI is InChI=1S/C16H17N3O4S/c1-12(20)13-3-5-15(6-4-13)24(21,22)19-10-7-14(11-19)23-16-17-8-2-9-18-16/h2-6,8-9,14H,7,10-11H2,1H3. The van der Waals surface area contributed by atoms with Crippen molar-refractivity contribution in [3.63, 3.8) is 0 Å². The number of carbonyl (C=O) groups is 1. The Hall–Kier alpha value is -2.32. The van der Waals surface area contributed by atoms with Crippen molar-refractivity contribution in [3.05, 3.63) is 48.3 Å². The summed E-state index contributed by atoms with van der Waals surface area (Å²) in [5.41, 5.74) is 0.484. The van der Waals surface area contributed by atoms with Crippen LogP contribution in [-0.4, -0.2) is 47.7 Å². The Labute approximate surface area is 140 Å². The Bertz CT molecular complexity index is 822. The maximum atomic E-state index is 12.7. The molecule has 1 atom stereocenters. The van der Waals surface area contributed by atoms with Crippen molar-refractivity contribution in [2.24, 2.45) is 0 Å². The van der Waals surface area contributed by atoms with Gasteiger partial charge in [-0.1, -0.05) is 12.1 Å². The van der Waals surface area contributed by atoms with Crippen LogP contribution >= 0.6 is 0 Å². The molecule has 0 amide bonds. The molecule has 1 fully saturated rings. The van der Waals surface area contributed by atoms with Crippen molar-refractivity contribution in [1.29, 1.82) is 0 Å². The van der Waals surface area contributed by atoms with Gasteiger partial charge in [0.2, 0.25) is 10.0 Å². The van der Waals surface area contributed by atoms with Crippen molar-refractivity contribution in [2.45, 2.75) is 24.3 Å². The molecule has 2 aromatic rings. The van der Waals surface area contributed by atoms with E-state index >= 15 is 0 Å². The minimum Gasteiger partial charge on any atom is -0.459 e. The quantitative estimate of drug-likeness (QED) is 0.762. The molecule has 3 rings (SSSR count). The zero-order valence-electron chi connectivity index (χ0n) is 13.1. The fourth-order valence-electron chi connectivity index (χ4n) is 2.52. The first-order chi connectivity index (χ1) is 11.5. The Morgan fingerprint density at radius 2 is 1.88 bits per heavy atom. The predicted molar refractivity (Wildman–Crippen MR) is 86.3 cm³/mol. The molecule has 0 radical (unpaired) electrons. The number of aromatic nitrogens is 2. The normalized spacial score (nSPS) is 18.5. The summed E-state index contributed by atoms with van der Waals surface area (Å²) in [6.07, 6.45) is 3.44. The van der Waals surface area contributed by atoms with E-state index in [1.54, 1.807) is 18.5 Å². The first-order valence-corrected chi connectivity index (χ1v) is 8.95. The minimum atomic E-state index is -3.61. The third kappa shape index (κ3) is 3.44. The zero-order chi connectivity index (χ0) is 17.2. The number of benzene rings is 1. The van der Waals surface area contributed by atoms with E-state index in [-0.39, 0.29) is 29.3 Å². The van der Waals surface area contributed by atoms with Crippen LogP contribution < -0.4 is 4.74 Å². The number of nitrogens with zero attached hydrogens (tertiary/aromatic N) is 3. The number of hydrogen-bond donors (Lipinski definition) is 0. The molecule has 2 heterocycles. The molecule has 0 spiro atoms.